The molecule has 1 saturated heterocycles. The molecule has 1 N–H and O–H groups in total. The number of carbonyl (C=O) groups is 2. The van der Waals surface area contributed by atoms with Crippen LogP contribution in [0.2, 0.25) is 0 Å². The van der Waals surface area contributed by atoms with Gasteiger partial charge in [0, 0.05) is 12.2 Å². The lowest BCUT2D eigenvalue weighted by molar-refractivity contribution is -0.152. The molecule has 2 aromatic rings. The molecule has 7 nitrogen and oxygen atoms in total. The summed E-state index contributed by atoms with van der Waals surface area (Å²) in [7, 11) is -3.82. The summed E-state index contributed by atoms with van der Waals surface area (Å²) in [6, 6.07) is 14.5. The fourth-order valence-electron chi connectivity index (χ4n) is 3.41. The third kappa shape index (κ3) is 5.25. The Morgan fingerprint density at radius 3 is 2.43 bits per heavy atom. The van der Waals surface area contributed by atoms with Crippen LogP contribution in [0, 0.1) is 0 Å². The van der Waals surface area contributed by atoms with Crippen molar-refractivity contribution in [1.29, 1.82) is 0 Å². The maximum atomic E-state index is 13.0. The van der Waals surface area contributed by atoms with Gasteiger partial charge < -0.3 is 10.1 Å². The Bertz CT molecular complexity index is 974. The fourth-order valence-corrected chi connectivity index (χ4v) is 5.08. The first-order valence-electron chi connectivity index (χ1n) is 10.0. The Morgan fingerprint density at radius 2 is 1.77 bits per heavy atom. The van der Waals surface area contributed by atoms with E-state index in [1.807, 2.05) is 19.1 Å². The average Bonchev–Trinajstić information content (AvgIpc) is 2.78. The number of esters is 1. The number of ether oxygens (including phenoxy) is 1. The van der Waals surface area contributed by atoms with Gasteiger partial charge in [0.1, 0.15) is 6.04 Å². The fraction of sp³-hybridized carbons (Fsp3) is 0.364. The van der Waals surface area contributed by atoms with Crippen molar-refractivity contribution in [3.05, 3.63) is 60.2 Å². The van der Waals surface area contributed by atoms with Crippen molar-refractivity contribution in [3.63, 3.8) is 0 Å². The molecular formula is C22H26N2O5S. The van der Waals surface area contributed by atoms with Gasteiger partial charge in [-0.1, -0.05) is 37.3 Å². The van der Waals surface area contributed by atoms with Gasteiger partial charge in [0.25, 0.3) is 5.91 Å². The highest BCUT2D eigenvalue weighted by Gasteiger charge is 2.38. The molecular weight excluding hydrogens is 404 g/mol. The predicted octanol–water partition coefficient (Wildman–Crippen LogP) is 2.97. The average molecular weight is 431 g/mol. The van der Waals surface area contributed by atoms with Crippen LogP contribution < -0.4 is 5.32 Å². The lowest BCUT2D eigenvalue weighted by Gasteiger charge is -2.32. The molecule has 8 heteroatoms. The second kappa shape index (κ2) is 9.86. The molecule has 1 unspecified atom stereocenters. The van der Waals surface area contributed by atoms with Crippen molar-refractivity contribution in [3.8, 4) is 0 Å². The minimum atomic E-state index is -3.82. The SMILES string of the molecule is CCc1ccc(NC(=O)COC(=O)C2CCCCN2S(=O)(=O)c2ccccc2)cc1. The normalized spacial score (nSPS) is 17.3. The molecule has 0 saturated carbocycles. The summed E-state index contributed by atoms with van der Waals surface area (Å²) in [6.07, 6.45) is 2.65. The van der Waals surface area contributed by atoms with E-state index < -0.39 is 34.5 Å². The van der Waals surface area contributed by atoms with Crippen LogP contribution in [-0.2, 0) is 30.8 Å². The second-order valence-electron chi connectivity index (χ2n) is 7.15. The van der Waals surface area contributed by atoms with Gasteiger partial charge in [-0.05, 0) is 55.5 Å². The first-order chi connectivity index (χ1) is 14.4. The van der Waals surface area contributed by atoms with Gasteiger partial charge in [-0.3, -0.25) is 9.59 Å². The molecule has 160 valence electrons. The van der Waals surface area contributed by atoms with Crippen LogP contribution >= 0.6 is 0 Å². The number of sulfonamides is 1. The molecule has 30 heavy (non-hydrogen) atoms. The van der Waals surface area contributed by atoms with Crippen molar-refractivity contribution in [2.24, 2.45) is 0 Å². The topological polar surface area (TPSA) is 92.8 Å². The summed E-state index contributed by atoms with van der Waals surface area (Å²) in [5.41, 5.74) is 1.76. The molecule has 1 fully saturated rings. The van der Waals surface area contributed by atoms with E-state index in [1.165, 1.54) is 16.4 Å². The maximum Gasteiger partial charge on any atom is 0.324 e. The number of nitrogens with one attached hydrogen (secondary N) is 1. The zero-order chi connectivity index (χ0) is 21.6. The van der Waals surface area contributed by atoms with E-state index in [0.29, 0.717) is 18.5 Å². The van der Waals surface area contributed by atoms with E-state index in [-0.39, 0.29) is 11.4 Å². The minimum absolute atomic E-state index is 0.137. The molecule has 1 aliphatic rings. The molecule has 1 atom stereocenters. The first kappa shape index (κ1) is 22.0. The summed E-state index contributed by atoms with van der Waals surface area (Å²) in [6.45, 7) is 1.82. The number of rotatable bonds is 7. The molecule has 0 aromatic heterocycles. The number of anilines is 1. The Labute approximate surface area is 177 Å². The summed E-state index contributed by atoms with van der Waals surface area (Å²) >= 11 is 0. The highest BCUT2D eigenvalue weighted by atomic mass is 32.2. The van der Waals surface area contributed by atoms with Gasteiger partial charge in [0.15, 0.2) is 6.61 Å². The third-order valence-electron chi connectivity index (χ3n) is 5.07. The second-order valence-corrected chi connectivity index (χ2v) is 9.04. The minimum Gasteiger partial charge on any atom is -0.454 e. The van der Waals surface area contributed by atoms with Gasteiger partial charge in [0.05, 0.1) is 4.90 Å². The van der Waals surface area contributed by atoms with Crippen molar-refractivity contribution in [1.82, 2.24) is 4.31 Å². The molecule has 0 aliphatic carbocycles. The summed E-state index contributed by atoms with van der Waals surface area (Å²) in [4.78, 5) is 24.9. The molecule has 0 radical (unpaired) electrons. The lowest BCUT2D eigenvalue weighted by Crippen LogP contribution is -2.48. The highest BCUT2D eigenvalue weighted by Crippen LogP contribution is 2.26. The van der Waals surface area contributed by atoms with Gasteiger partial charge >= 0.3 is 5.97 Å². The monoisotopic (exact) mass is 430 g/mol. The predicted molar refractivity (Wildman–Crippen MR) is 113 cm³/mol. The van der Waals surface area contributed by atoms with Gasteiger partial charge in [-0.25, -0.2) is 8.42 Å². The number of hydrogen-bond acceptors (Lipinski definition) is 5. The van der Waals surface area contributed by atoms with Gasteiger partial charge in [-0.2, -0.15) is 4.31 Å². The highest BCUT2D eigenvalue weighted by molar-refractivity contribution is 7.89. The lowest BCUT2D eigenvalue weighted by atomic mass is 10.1. The Balaban J connectivity index is 1.62. The van der Waals surface area contributed by atoms with Crippen LogP contribution in [0.15, 0.2) is 59.5 Å². The van der Waals surface area contributed by atoms with Crippen molar-refractivity contribution in [2.45, 2.75) is 43.5 Å². The van der Waals surface area contributed by atoms with E-state index in [1.54, 1.807) is 30.3 Å². The zero-order valence-electron chi connectivity index (χ0n) is 16.9. The van der Waals surface area contributed by atoms with Crippen LogP contribution in [0.3, 0.4) is 0 Å². The van der Waals surface area contributed by atoms with E-state index in [9.17, 15) is 18.0 Å². The molecule has 1 heterocycles. The molecule has 0 spiro atoms. The van der Waals surface area contributed by atoms with Crippen LogP contribution in [0.25, 0.3) is 0 Å². The quantitative estimate of drug-likeness (QED) is 0.682. The van der Waals surface area contributed by atoms with Gasteiger partial charge in [0.2, 0.25) is 10.0 Å². The summed E-state index contributed by atoms with van der Waals surface area (Å²) in [5.74, 6) is -1.17. The number of amides is 1. The first-order valence-corrected chi connectivity index (χ1v) is 11.5. The number of benzene rings is 2. The van der Waals surface area contributed by atoms with Crippen LogP contribution in [0.5, 0.6) is 0 Å². The molecule has 3 rings (SSSR count). The Hall–Kier alpha value is -2.71. The molecule has 2 aromatic carbocycles. The molecule has 0 bridgehead atoms. The van der Waals surface area contributed by atoms with Crippen LogP contribution in [-0.4, -0.2) is 43.8 Å². The number of aryl methyl sites for hydroxylation is 1. The standard InChI is InChI=1S/C22H26N2O5S/c1-2-17-11-13-18(14-12-17)23-21(25)16-29-22(26)20-10-6-7-15-24(20)30(27,28)19-8-4-3-5-9-19/h3-5,8-9,11-14,20H,2,6-7,10,15-16H2,1H3,(H,23,25). The number of carbonyl (C=O) groups excluding carboxylic acids is 2. The molecule has 1 aliphatic heterocycles. The summed E-state index contributed by atoms with van der Waals surface area (Å²) in [5, 5.41) is 2.67. The zero-order valence-corrected chi connectivity index (χ0v) is 17.7. The Morgan fingerprint density at radius 1 is 1.07 bits per heavy atom. The smallest absolute Gasteiger partial charge is 0.324 e. The van der Waals surface area contributed by atoms with E-state index in [4.69, 9.17) is 4.74 Å². The number of hydrogen-bond donors (Lipinski definition) is 1. The number of nitrogens with zero attached hydrogens (tertiary/aromatic N) is 1. The van der Waals surface area contributed by atoms with Crippen molar-refractivity contribution < 1.29 is 22.7 Å². The van der Waals surface area contributed by atoms with Crippen molar-refractivity contribution >= 4 is 27.6 Å². The largest absolute Gasteiger partial charge is 0.454 e. The Kier molecular flexibility index (Phi) is 7.23. The van der Waals surface area contributed by atoms with Crippen LogP contribution in [0.1, 0.15) is 31.7 Å². The number of piperidine rings is 1. The van der Waals surface area contributed by atoms with Crippen molar-refractivity contribution in [2.75, 3.05) is 18.5 Å². The third-order valence-corrected chi connectivity index (χ3v) is 6.99. The maximum absolute atomic E-state index is 13.0. The van der Waals surface area contributed by atoms with E-state index >= 15 is 0 Å². The van der Waals surface area contributed by atoms with E-state index in [0.717, 1.165) is 18.4 Å². The summed E-state index contributed by atoms with van der Waals surface area (Å²) < 4.78 is 32.3. The van der Waals surface area contributed by atoms with Crippen LogP contribution in [0.4, 0.5) is 5.69 Å². The molecule has 1 amide bonds. The van der Waals surface area contributed by atoms with Gasteiger partial charge in [-0.15, -0.1) is 0 Å². The van der Waals surface area contributed by atoms with E-state index in [2.05, 4.69) is 5.32 Å².